The second kappa shape index (κ2) is 8.52. The van der Waals surface area contributed by atoms with Crippen LogP contribution >= 0.6 is 0 Å². The zero-order chi connectivity index (χ0) is 18.4. The number of carbonyl (C=O) groups excluding carboxylic acids is 1. The number of rotatable bonds is 6. The standard InChI is InChI=1S/C21H24N2O3/c24-20(13-10-16-8-11-17(12-9-16)21(25)26)22-18-6-2-3-7-19(18)23-14-4-1-5-15-23/h2-3,6-9,11-12H,1,4-5,10,13-15H2,(H,22,24)(H,25,26). The number of benzene rings is 2. The second-order valence-corrected chi connectivity index (χ2v) is 6.62. The maximum atomic E-state index is 12.4. The zero-order valence-corrected chi connectivity index (χ0v) is 14.8. The number of aryl methyl sites for hydroxylation is 1. The van der Waals surface area contributed by atoms with Gasteiger partial charge in [-0.1, -0.05) is 24.3 Å². The number of nitrogens with zero attached hydrogens (tertiary/aromatic N) is 1. The van der Waals surface area contributed by atoms with Gasteiger partial charge in [0.1, 0.15) is 0 Å². The largest absolute Gasteiger partial charge is 0.478 e. The second-order valence-electron chi connectivity index (χ2n) is 6.62. The van der Waals surface area contributed by atoms with Crippen LogP contribution in [0.5, 0.6) is 0 Å². The molecule has 2 aromatic rings. The fraction of sp³-hybridized carbons (Fsp3) is 0.333. The number of hydrogen-bond acceptors (Lipinski definition) is 3. The molecule has 1 amide bonds. The summed E-state index contributed by atoms with van der Waals surface area (Å²) in [7, 11) is 0. The molecule has 0 spiro atoms. The van der Waals surface area contributed by atoms with Gasteiger partial charge < -0.3 is 15.3 Å². The van der Waals surface area contributed by atoms with E-state index in [0.717, 1.165) is 30.0 Å². The van der Waals surface area contributed by atoms with Crippen molar-refractivity contribution in [3.8, 4) is 0 Å². The Bertz CT molecular complexity index is 765. The number of amides is 1. The lowest BCUT2D eigenvalue weighted by Gasteiger charge is -2.30. The summed E-state index contributed by atoms with van der Waals surface area (Å²) in [6, 6.07) is 14.6. The fourth-order valence-electron chi connectivity index (χ4n) is 3.27. The molecule has 1 aliphatic heterocycles. The van der Waals surface area contributed by atoms with Crippen molar-refractivity contribution < 1.29 is 14.7 Å². The highest BCUT2D eigenvalue weighted by Gasteiger charge is 2.15. The number of para-hydroxylation sites is 2. The molecule has 1 aliphatic rings. The lowest BCUT2D eigenvalue weighted by molar-refractivity contribution is -0.116. The van der Waals surface area contributed by atoms with E-state index < -0.39 is 5.97 Å². The van der Waals surface area contributed by atoms with Crippen LogP contribution in [0.25, 0.3) is 0 Å². The molecule has 0 aromatic heterocycles. The average Bonchev–Trinajstić information content (AvgIpc) is 2.68. The van der Waals surface area contributed by atoms with Crippen LogP contribution in [0.3, 0.4) is 0 Å². The number of piperidine rings is 1. The Kier molecular flexibility index (Phi) is 5.89. The first-order valence-corrected chi connectivity index (χ1v) is 9.09. The van der Waals surface area contributed by atoms with Gasteiger partial charge in [-0.3, -0.25) is 4.79 Å². The predicted octanol–water partition coefficient (Wildman–Crippen LogP) is 3.95. The van der Waals surface area contributed by atoms with E-state index in [2.05, 4.69) is 16.3 Å². The number of aromatic carboxylic acids is 1. The summed E-state index contributed by atoms with van der Waals surface area (Å²) in [6.07, 6.45) is 4.59. The number of hydrogen-bond donors (Lipinski definition) is 2. The third-order valence-corrected chi connectivity index (χ3v) is 4.72. The van der Waals surface area contributed by atoms with Crippen LogP contribution in [-0.2, 0) is 11.2 Å². The SMILES string of the molecule is O=C(CCc1ccc(C(=O)O)cc1)Nc1ccccc1N1CCCCC1. The maximum absolute atomic E-state index is 12.4. The molecule has 26 heavy (non-hydrogen) atoms. The minimum Gasteiger partial charge on any atom is -0.478 e. The van der Waals surface area contributed by atoms with Crippen LogP contribution in [0.1, 0.15) is 41.6 Å². The van der Waals surface area contributed by atoms with Crippen LogP contribution in [0, 0.1) is 0 Å². The molecule has 1 heterocycles. The lowest BCUT2D eigenvalue weighted by atomic mass is 10.1. The number of carbonyl (C=O) groups is 2. The first-order valence-electron chi connectivity index (χ1n) is 9.09. The topological polar surface area (TPSA) is 69.6 Å². The molecule has 0 aliphatic carbocycles. The van der Waals surface area contributed by atoms with Crippen LogP contribution in [-0.4, -0.2) is 30.1 Å². The van der Waals surface area contributed by atoms with Gasteiger partial charge >= 0.3 is 5.97 Å². The molecule has 1 saturated heterocycles. The molecule has 0 bridgehead atoms. The first-order chi connectivity index (χ1) is 12.6. The highest BCUT2D eigenvalue weighted by atomic mass is 16.4. The van der Waals surface area contributed by atoms with Gasteiger partial charge in [-0.05, 0) is 55.5 Å². The quantitative estimate of drug-likeness (QED) is 0.826. The molecule has 2 N–H and O–H groups in total. The molecule has 136 valence electrons. The van der Waals surface area contributed by atoms with Crippen molar-refractivity contribution in [2.75, 3.05) is 23.3 Å². The van der Waals surface area contributed by atoms with E-state index in [1.54, 1.807) is 24.3 Å². The third-order valence-electron chi connectivity index (χ3n) is 4.72. The summed E-state index contributed by atoms with van der Waals surface area (Å²) >= 11 is 0. The molecule has 1 fully saturated rings. The van der Waals surface area contributed by atoms with Crippen LogP contribution in [0.2, 0.25) is 0 Å². The number of carboxylic acid groups (broad SMARTS) is 1. The van der Waals surface area contributed by atoms with Crippen LogP contribution < -0.4 is 10.2 Å². The van der Waals surface area contributed by atoms with E-state index >= 15 is 0 Å². The molecule has 5 heteroatoms. The van der Waals surface area contributed by atoms with Crippen molar-refractivity contribution >= 4 is 23.3 Å². The summed E-state index contributed by atoms with van der Waals surface area (Å²) in [5, 5.41) is 12.0. The Morgan fingerprint density at radius 3 is 2.35 bits per heavy atom. The minimum atomic E-state index is -0.941. The molecular weight excluding hydrogens is 328 g/mol. The van der Waals surface area contributed by atoms with Crippen LogP contribution in [0.4, 0.5) is 11.4 Å². The van der Waals surface area contributed by atoms with E-state index in [9.17, 15) is 9.59 Å². The summed E-state index contributed by atoms with van der Waals surface area (Å²) in [5.74, 6) is -0.972. The molecule has 0 saturated carbocycles. The number of carboxylic acids is 1. The van der Waals surface area contributed by atoms with E-state index in [4.69, 9.17) is 5.11 Å². The van der Waals surface area contributed by atoms with Gasteiger partial charge in [0, 0.05) is 19.5 Å². The van der Waals surface area contributed by atoms with Gasteiger partial charge in [-0.15, -0.1) is 0 Å². The molecule has 0 unspecified atom stereocenters. The van der Waals surface area contributed by atoms with Crippen molar-refractivity contribution in [1.82, 2.24) is 0 Å². The van der Waals surface area contributed by atoms with Gasteiger partial charge in [-0.2, -0.15) is 0 Å². The first kappa shape index (κ1) is 18.0. The van der Waals surface area contributed by atoms with Crippen molar-refractivity contribution in [2.24, 2.45) is 0 Å². The van der Waals surface area contributed by atoms with Crippen LogP contribution in [0.15, 0.2) is 48.5 Å². The predicted molar refractivity (Wildman–Crippen MR) is 103 cm³/mol. The number of nitrogens with one attached hydrogen (secondary N) is 1. The number of anilines is 2. The van der Waals surface area contributed by atoms with Crippen molar-refractivity contribution in [3.05, 3.63) is 59.7 Å². The lowest BCUT2D eigenvalue weighted by Crippen LogP contribution is -2.30. The van der Waals surface area contributed by atoms with Gasteiger partial charge in [0.2, 0.25) is 5.91 Å². The summed E-state index contributed by atoms with van der Waals surface area (Å²) in [4.78, 5) is 25.6. The average molecular weight is 352 g/mol. The molecule has 2 aromatic carbocycles. The maximum Gasteiger partial charge on any atom is 0.335 e. The van der Waals surface area contributed by atoms with Crippen molar-refractivity contribution in [2.45, 2.75) is 32.1 Å². The highest BCUT2D eigenvalue weighted by molar-refractivity contribution is 5.94. The Morgan fingerprint density at radius 2 is 1.65 bits per heavy atom. The van der Waals surface area contributed by atoms with E-state index in [-0.39, 0.29) is 11.5 Å². The fourth-order valence-corrected chi connectivity index (χ4v) is 3.27. The summed E-state index contributed by atoms with van der Waals surface area (Å²) in [6.45, 7) is 2.06. The molecule has 0 atom stereocenters. The molecule has 5 nitrogen and oxygen atoms in total. The molecule has 0 radical (unpaired) electrons. The smallest absolute Gasteiger partial charge is 0.335 e. The molecular formula is C21H24N2O3. The van der Waals surface area contributed by atoms with Crippen molar-refractivity contribution in [1.29, 1.82) is 0 Å². The third kappa shape index (κ3) is 4.63. The summed E-state index contributed by atoms with van der Waals surface area (Å²) in [5.41, 5.74) is 3.16. The Morgan fingerprint density at radius 1 is 0.962 bits per heavy atom. The zero-order valence-electron chi connectivity index (χ0n) is 14.8. The minimum absolute atomic E-state index is 0.0308. The van der Waals surface area contributed by atoms with E-state index in [1.165, 1.54) is 19.3 Å². The Hall–Kier alpha value is -2.82. The molecule has 3 rings (SSSR count). The van der Waals surface area contributed by atoms with Gasteiger partial charge in [0.05, 0.1) is 16.9 Å². The normalized spacial score (nSPS) is 14.1. The highest BCUT2D eigenvalue weighted by Crippen LogP contribution is 2.28. The Labute approximate surface area is 153 Å². The van der Waals surface area contributed by atoms with E-state index in [0.29, 0.717) is 12.8 Å². The monoisotopic (exact) mass is 352 g/mol. The van der Waals surface area contributed by atoms with Crippen molar-refractivity contribution in [3.63, 3.8) is 0 Å². The summed E-state index contributed by atoms with van der Waals surface area (Å²) < 4.78 is 0. The van der Waals surface area contributed by atoms with Gasteiger partial charge in [0.15, 0.2) is 0 Å². The van der Waals surface area contributed by atoms with Gasteiger partial charge in [-0.25, -0.2) is 4.79 Å². The Balaban J connectivity index is 1.59. The van der Waals surface area contributed by atoms with E-state index in [1.807, 2.05) is 18.2 Å². The van der Waals surface area contributed by atoms with Gasteiger partial charge in [0.25, 0.3) is 0 Å².